The average Bonchev–Trinajstić information content (AvgIpc) is 2.49. The molecule has 0 saturated carbocycles. The molecule has 0 aliphatic carbocycles. The molecule has 0 aliphatic rings. The topological polar surface area (TPSA) is 149 Å². The second-order valence-corrected chi connectivity index (χ2v) is 3.76. The molecule has 0 unspecified atom stereocenters. The Morgan fingerprint density at radius 1 is 1.33 bits per heavy atom. The fraction of sp³-hybridized carbons (Fsp3) is 0. The summed E-state index contributed by atoms with van der Waals surface area (Å²) in [6.07, 6.45) is 1.14. The highest BCUT2D eigenvalue weighted by atomic mass is 16.6. The van der Waals surface area contributed by atoms with Gasteiger partial charge in [-0.15, -0.1) is 0 Å². The minimum Gasteiger partial charge on any atom is -0.506 e. The molecule has 2 rings (SSSR count). The van der Waals surface area contributed by atoms with E-state index in [4.69, 9.17) is 10.5 Å². The van der Waals surface area contributed by atoms with E-state index in [-0.39, 0.29) is 28.6 Å². The third kappa shape index (κ3) is 2.83. The maximum absolute atomic E-state index is 10.6. The second kappa shape index (κ2) is 5.50. The van der Waals surface area contributed by atoms with E-state index in [1.807, 2.05) is 0 Å². The third-order valence-corrected chi connectivity index (χ3v) is 2.44. The predicted molar refractivity (Wildman–Crippen MR) is 69.5 cm³/mol. The van der Waals surface area contributed by atoms with Gasteiger partial charge in [-0.2, -0.15) is 10.5 Å². The SMILES string of the molecule is N#Cc1cnc(C#N)c(Nc2ccc([N+](=O)[O-])cc2O)n1. The Bertz CT molecular complexity index is 806. The maximum Gasteiger partial charge on any atom is 0.273 e. The van der Waals surface area contributed by atoms with Crippen LogP contribution in [0.3, 0.4) is 0 Å². The van der Waals surface area contributed by atoms with Crippen molar-refractivity contribution in [1.82, 2.24) is 9.97 Å². The minimum absolute atomic E-state index is 0.0158. The van der Waals surface area contributed by atoms with Gasteiger partial charge in [0.05, 0.1) is 22.9 Å². The van der Waals surface area contributed by atoms with E-state index in [2.05, 4.69) is 15.3 Å². The first-order valence-corrected chi connectivity index (χ1v) is 5.47. The predicted octanol–water partition coefficient (Wildman–Crippen LogP) is 1.58. The summed E-state index contributed by atoms with van der Waals surface area (Å²) < 4.78 is 0. The van der Waals surface area contributed by atoms with E-state index in [9.17, 15) is 15.2 Å². The van der Waals surface area contributed by atoms with Crippen molar-refractivity contribution in [3.8, 4) is 17.9 Å². The molecule has 0 bridgehead atoms. The summed E-state index contributed by atoms with van der Waals surface area (Å²) in [6, 6.07) is 6.94. The summed E-state index contributed by atoms with van der Waals surface area (Å²) in [5.74, 6) is -0.419. The fourth-order valence-electron chi connectivity index (χ4n) is 1.48. The van der Waals surface area contributed by atoms with E-state index < -0.39 is 10.7 Å². The molecule has 0 amide bonds. The molecule has 9 nitrogen and oxygen atoms in total. The van der Waals surface area contributed by atoms with Crippen molar-refractivity contribution in [2.75, 3.05) is 5.32 Å². The van der Waals surface area contributed by atoms with Crippen molar-refractivity contribution in [3.63, 3.8) is 0 Å². The second-order valence-electron chi connectivity index (χ2n) is 3.76. The molecule has 0 aliphatic heterocycles. The highest BCUT2D eigenvalue weighted by Crippen LogP contribution is 2.30. The van der Waals surface area contributed by atoms with Gasteiger partial charge in [0, 0.05) is 6.07 Å². The molecular formula is C12H6N6O3. The van der Waals surface area contributed by atoms with Gasteiger partial charge in [0.25, 0.3) is 5.69 Å². The van der Waals surface area contributed by atoms with E-state index in [1.165, 1.54) is 12.1 Å². The maximum atomic E-state index is 10.6. The molecule has 0 radical (unpaired) electrons. The minimum atomic E-state index is -0.652. The first-order chi connectivity index (χ1) is 10.0. The summed E-state index contributed by atoms with van der Waals surface area (Å²) in [7, 11) is 0. The molecular weight excluding hydrogens is 276 g/mol. The van der Waals surface area contributed by atoms with Crippen LogP contribution in [0.4, 0.5) is 17.2 Å². The summed E-state index contributed by atoms with van der Waals surface area (Å²) in [5.41, 5.74) is -0.276. The lowest BCUT2D eigenvalue weighted by Crippen LogP contribution is -2.01. The summed E-state index contributed by atoms with van der Waals surface area (Å²) in [4.78, 5) is 17.5. The molecule has 0 atom stereocenters. The van der Waals surface area contributed by atoms with Gasteiger partial charge in [0.1, 0.15) is 17.9 Å². The van der Waals surface area contributed by atoms with E-state index in [1.54, 1.807) is 12.1 Å². The van der Waals surface area contributed by atoms with E-state index in [0.717, 1.165) is 12.3 Å². The van der Waals surface area contributed by atoms with Crippen molar-refractivity contribution in [2.24, 2.45) is 0 Å². The van der Waals surface area contributed by atoms with Crippen LogP contribution in [0.25, 0.3) is 0 Å². The molecule has 2 aromatic rings. The Morgan fingerprint density at radius 2 is 2.10 bits per heavy atom. The quantitative estimate of drug-likeness (QED) is 0.489. The molecule has 0 fully saturated rings. The number of nitro benzene ring substituents is 1. The zero-order chi connectivity index (χ0) is 15.4. The van der Waals surface area contributed by atoms with Crippen molar-refractivity contribution in [2.45, 2.75) is 0 Å². The highest BCUT2D eigenvalue weighted by Gasteiger charge is 2.13. The first-order valence-electron chi connectivity index (χ1n) is 5.47. The summed E-state index contributed by atoms with van der Waals surface area (Å²) >= 11 is 0. The van der Waals surface area contributed by atoms with Crippen LogP contribution in [-0.4, -0.2) is 20.0 Å². The lowest BCUT2D eigenvalue weighted by Gasteiger charge is -2.08. The lowest BCUT2D eigenvalue weighted by atomic mass is 10.2. The largest absolute Gasteiger partial charge is 0.506 e. The zero-order valence-electron chi connectivity index (χ0n) is 10.3. The number of phenols is 1. The lowest BCUT2D eigenvalue weighted by molar-refractivity contribution is -0.384. The number of benzene rings is 1. The number of phenolic OH excluding ortho intramolecular Hbond substituents is 1. The standard InChI is InChI=1S/C12H6N6O3/c13-4-7-6-15-10(5-14)12(16-7)17-9-2-1-8(18(20)21)3-11(9)19/h1-3,6,19H,(H,16,17). The van der Waals surface area contributed by atoms with Crippen LogP contribution < -0.4 is 5.32 Å². The van der Waals surface area contributed by atoms with Crippen LogP contribution in [0.15, 0.2) is 24.4 Å². The summed E-state index contributed by atoms with van der Waals surface area (Å²) in [6.45, 7) is 0. The van der Waals surface area contributed by atoms with Crippen LogP contribution in [-0.2, 0) is 0 Å². The number of rotatable bonds is 3. The van der Waals surface area contributed by atoms with Gasteiger partial charge in [-0.25, -0.2) is 9.97 Å². The van der Waals surface area contributed by atoms with Crippen LogP contribution in [0.1, 0.15) is 11.4 Å². The number of non-ortho nitro benzene ring substituents is 1. The number of nitro groups is 1. The number of aromatic hydroxyl groups is 1. The monoisotopic (exact) mass is 282 g/mol. The number of nitriles is 2. The zero-order valence-corrected chi connectivity index (χ0v) is 10.3. The molecule has 0 saturated heterocycles. The van der Waals surface area contributed by atoms with Crippen molar-refractivity contribution >= 4 is 17.2 Å². The van der Waals surface area contributed by atoms with Gasteiger partial charge >= 0.3 is 0 Å². The van der Waals surface area contributed by atoms with Crippen LogP contribution in [0.2, 0.25) is 0 Å². The molecule has 0 spiro atoms. The fourth-order valence-corrected chi connectivity index (χ4v) is 1.48. The van der Waals surface area contributed by atoms with Gasteiger partial charge in [-0.05, 0) is 6.07 Å². The first kappa shape index (κ1) is 13.7. The van der Waals surface area contributed by atoms with E-state index >= 15 is 0 Å². The third-order valence-electron chi connectivity index (χ3n) is 2.44. The Balaban J connectivity index is 2.41. The number of hydrogen-bond donors (Lipinski definition) is 2. The molecule has 1 aromatic carbocycles. The summed E-state index contributed by atoms with van der Waals surface area (Å²) in [5, 5.41) is 40.6. The molecule has 2 N–H and O–H groups in total. The average molecular weight is 282 g/mol. The number of anilines is 2. The number of nitrogens with one attached hydrogen (secondary N) is 1. The number of aromatic nitrogens is 2. The van der Waals surface area contributed by atoms with Gasteiger partial charge < -0.3 is 10.4 Å². The number of hydrogen-bond acceptors (Lipinski definition) is 8. The Labute approximate surface area is 117 Å². The van der Waals surface area contributed by atoms with Gasteiger partial charge in [-0.3, -0.25) is 10.1 Å². The molecule has 21 heavy (non-hydrogen) atoms. The molecule has 1 heterocycles. The van der Waals surface area contributed by atoms with Crippen molar-refractivity contribution in [1.29, 1.82) is 10.5 Å². The molecule has 102 valence electrons. The van der Waals surface area contributed by atoms with Crippen molar-refractivity contribution < 1.29 is 10.0 Å². The van der Waals surface area contributed by atoms with E-state index in [0.29, 0.717) is 0 Å². The Kier molecular flexibility index (Phi) is 3.59. The van der Waals surface area contributed by atoms with Crippen LogP contribution >= 0.6 is 0 Å². The number of nitrogens with zero attached hydrogens (tertiary/aromatic N) is 5. The van der Waals surface area contributed by atoms with Gasteiger partial charge in [-0.1, -0.05) is 0 Å². The van der Waals surface area contributed by atoms with Crippen LogP contribution in [0, 0.1) is 32.8 Å². The normalized spacial score (nSPS) is 9.43. The molecule has 9 heteroatoms. The Morgan fingerprint density at radius 3 is 2.67 bits per heavy atom. The van der Waals surface area contributed by atoms with Gasteiger partial charge in [0.15, 0.2) is 17.2 Å². The highest BCUT2D eigenvalue weighted by molar-refractivity contribution is 5.68. The van der Waals surface area contributed by atoms with Crippen molar-refractivity contribution in [3.05, 3.63) is 45.9 Å². The van der Waals surface area contributed by atoms with Crippen LogP contribution in [0.5, 0.6) is 5.75 Å². The smallest absolute Gasteiger partial charge is 0.273 e. The Hall–Kier alpha value is -3.72. The van der Waals surface area contributed by atoms with Gasteiger partial charge in [0.2, 0.25) is 0 Å². The molecule has 1 aromatic heterocycles.